The van der Waals surface area contributed by atoms with Gasteiger partial charge in [-0.05, 0) is 123 Å². The van der Waals surface area contributed by atoms with Crippen LogP contribution in [0.15, 0.2) is 72.8 Å². The molecule has 0 aliphatic carbocycles. The Labute approximate surface area is 250 Å². The predicted molar refractivity (Wildman–Crippen MR) is 184 cm³/mol. The highest BCUT2D eigenvalue weighted by Gasteiger charge is 2.13. The zero-order valence-electron chi connectivity index (χ0n) is 25.4. The van der Waals surface area contributed by atoms with Crippen molar-refractivity contribution in [3.05, 3.63) is 95.1 Å². The summed E-state index contributed by atoms with van der Waals surface area (Å²) in [5, 5.41) is 7.13. The second-order valence-corrected chi connectivity index (χ2v) is 11.1. The number of nitrogens with two attached hydrogens (primary N) is 4. The maximum absolute atomic E-state index is 6.16. The van der Waals surface area contributed by atoms with E-state index < -0.39 is 0 Å². The third-order valence-electron chi connectivity index (χ3n) is 7.84. The lowest BCUT2D eigenvalue weighted by Crippen LogP contribution is -2.39. The number of anilines is 8. The van der Waals surface area contributed by atoms with Crippen LogP contribution in [0.1, 0.15) is 22.3 Å². The highest BCUT2D eigenvalue weighted by molar-refractivity contribution is 5.61. The Hall–Kier alpha value is -4.72. The Kier molecular flexibility index (Phi) is 9.91. The van der Waals surface area contributed by atoms with Gasteiger partial charge in [0, 0.05) is 84.8 Å². The van der Waals surface area contributed by atoms with Gasteiger partial charge < -0.3 is 43.4 Å². The zero-order chi connectivity index (χ0) is 30.2. The Bertz CT molecular complexity index is 1390. The maximum atomic E-state index is 6.16. The molecular formula is C34H46N8. The number of rotatable bonds is 13. The van der Waals surface area contributed by atoms with Gasteiger partial charge in [0.1, 0.15) is 0 Å². The van der Waals surface area contributed by atoms with E-state index in [0.29, 0.717) is 0 Å². The van der Waals surface area contributed by atoms with E-state index in [1.54, 1.807) is 0 Å². The van der Waals surface area contributed by atoms with E-state index in [4.69, 9.17) is 22.9 Å². The van der Waals surface area contributed by atoms with E-state index >= 15 is 0 Å². The van der Waals surface area contributed by atoms with Crippen LogP contribution in [-0.2, 0) is 0 Å². The summed E-state index contributed by atoms with van der Waals surface area (Å²) in [6, 6.07) is 24.7. The summed E-state index contributed by atoms with van der Waals surface area (Å²) in [7, 11) is 0. The summed E-state index contributed by atoms with van der Waals surface area (Å²) in [5.74, 6) is 0. The van der Waals surface area contributed by atoms with Crippen molar-refractivity contribution in [2.24, 2.45) is 0 Å². The number of nitrogens with one attached hydrogen (secondary N) is 2. The van der Waals surface area contributed by atoms with Crippen molar-refractivity contribution in [1.82, 2.24) is 0 Å². The van der Waals surface area contributed by atoms with Crippen molar-refractivity contribution in [1.29, 1.82) is 0 Å². The summed E-state index contributed by atoms with van der Waals surface area (Å²) in [6.45, 7) is 13.0. The molecule has 0 saturated carbocycles. The van der Waals surface area contributed by atoms with E-state index in [9.17, 15) is 0 Å². The summed E-state index contributed by atoms with van der Waals surface area (Å²) in [4.78, 5) is 4.83. The zero-order valence-corrected chi connectivity index (χ0v) is 25.4. The standard InChI is InChI=1S/C34H46N8/c1-23-19-27(5-9-31(23)35)39-13-15-41(29-7-11-33(37)25(3)21-29)17-18-42(30-8-12-34(38)26(4)22-30)16-14-40-28-6-10-32(36)24(2)20-28/h5-12,19-22,39-40H,13-18,35-38H2,1-4H3. The van der Waals surface area contributed by atoms with Crippen LogP contribution < -0.4 is 43.4 Å². The van der Waals surface area contributed by atoms with Crippen molar-refractivity contribution in [2.45, 2.75) is 27.7 Å². The average Bonchev–Trinajstić information content (AvgIpc) is 2.96. The van der Waals surface area contributed by atoms with Gasteiger partial charge in [0.25, 0.3) is 0 Å². The monoisotopic (exact) mass is 566 g/mol. The highest BCUT2D eigenvalue weighted by Crippen LogP contribution is 2.24. The fourth-order valence-corrected chi connectivity index (χ4v) is 4.94. The molecule has 222 valence electrons. The minimum atomic E-state index is 0.784. The van der Waals surface area contributed by atoms with Crippen molar-refractivity contribution in [2.75, 3.05) is 82.6 Å². The van der Waals surface area contributed by atoms with Gasteiger partial charge in [-0.3, -0.25) is 0 Å². The Morgan fingerprint density at radius 1 is 0.452 bits per heavy atom. The van der Waals surface area contributed by atoms with Gasteiger partial charge in [-0.1, -0.05) is 0 Å². The van der Waals surface area contributed by atoms with Gasteiger partial charge in [-0.25, -0.2) is 0 Å². The van der Waals surface area contributed by atoms with Gasteiger partial charge in [0.05, 0.1) is 0 Å². The van der Waals surface area contributed by atoms with Crippen molar-refractivity contribution in [3.63, 3.8) is 0 Å². The molecule has 0 bridgehead atoms. The van der Waals surface area contributed by atoms with E-state index in [1.807, 2.05) is 50.2 Å². The molecule has 0 heterocycles. The van der Waals surface area contributed by atoms with Crippen molar-refractivity contribution in [3.8, 4) is 0 Å². The lowest BCUT2D eigenvalue weighted by Gasteiger charge is -2.31. The molecule has 42 heavy (non-hydrogen) atoms. The molecule has 0 amide bonds. The van der Waals surface area contributed by atoms with Crippen LogP contribution in [-0.4, -0.2) is 39.3 Å². The normalized spacial score (nSPS) is 10.9. The maximum Gasteiger partial charge on any atom is 0.0371 e. The van der Waals surface area contributed by atoms with Gasteiger partial charge >= 0.3 is 0 Å². The molecule has 0 aliphatic rings. The van der Waals surface area contributed by atoms with Crippen LogP contribution in [0, 0.1) is 27.7 Å². The number of hydrogen-bond donors (Lipinski definition) is 6. The largest absolute Gasteiger partial charge is 0.399 e. The fraction of sp³-hybridized carbons (Fsp3) is 0.294. The van der Waals surface area contributed by atoms with Crippen LogP contribution in [0.5, 0.6) is 0 Å². The third-order valence-corrected chi connectivity index (χ3v) is 7.84. The molecule has 0 radical (unpaired) electrons. The van der Waals surface area contributed by atoms with Crippen LogP contribution in [0.25, 0.3) is 0 Å². The molecular weight excluding hydrogens is 520 g/mol. The van der Waals surface area contributed by atoms with Gasteiger partial charge in [0.15, 0.2) is 0 Å². The summed E-state index contributed by atoms with van der Waals surface area (Å²) in [5.41, 5.74) is 36.3. The van der Waals surface area contributed by atoms with E-state index in [-0.39, 0.29) is 0 Å². The van der Waals surface area contributed by atoms with Crippen LogP contribution in [0.2, 0.25) is 0 Å². The molecule has 0 aliphatic heterocycles. The lowest BCUT2D eigenvalue weighted by atomic mass is 10.1. The van der Waals surface area contributed by atoms with E-state index in [1.165, 1.54) is 0 Å². The fourth-order valence-electron chi connectivity index (χ4n) is 4.94. The molecule has 4 aromatic rings. The second kappa shape index (κ2) is 13.8. The Morgan fingerprint density at radius 2 is 0.786 bits per heavy atom. The molecule has 10 N–H and O–H groups in total. The highest BCUT2D eigenvalue weighted by atomic mass is 15.2. The number of hydrogen-bond acceptors (Lipinski definition) is 8. The van der Waals surface area contributed by atoms with Crippen molar-refractivity contribution < 1.29 is 0 Å². The smallest absolute Gasteiger partial charge is 0.0371 e. The lowest BCUT2D eigenvalue weighted by molar-refractivity contribution is 0.735. The molecule has 4 rings (SSSR count). The molecule has 0 fully saturated rings. The van der Waals surface area contributed by atoms with Crippen LogP contribution >= 0.6 is 0 Å². The molecule has 0 saturated heterocycles. The molecule has 0 unspecified atom stereocenters. The summed E-state index contributed by atoms with van der Waals surface area (Å²) >= 11 is 0. The molecule has 8 heteroatoms. The van der Waals surface area contributed by atoms with Gasteiger partial charge in [0.2, 0.25) is 0 Å². The van der Waals surface area contributed by atoms with Crippen molar-refractivity contribution >= 4 is 45.5 Å². The second-order valence-electron chi connectivity index (χ2n) is 11.1. The topological polar surface area (TPSA) is 135 Å². The Balaban J connectivity index is 1.49. The molecule has 0 aromatic heterocycles. The first-order valence-corrected chi connectivity index (χ1v) is 14.5. The molecule has 8 nitrogen and oxygen atoms in total. The Morgan fingerprint density at radius 3 is 1.12 bits per heavy atom. The minimum absolute atomic E-state index is 0.784. The molecule has 4 aromatic carbocycles. The van der Waals surface area contributed by atoms with Crippen LogP contribution in [0.3, 0.4) is 0 Å². The van der Waals surface area contributed by atoms with E-state index in [2.05, 4.69) is 70.7 Å². The SMILES string of the molecule is Cc1cc(NCCN(CCN(CCNc2ccc(N)c(C)c2)c2ccc(N)c(C)c2)c2ccc(N)c(C)c2)ccc1N. The number of nitrogen functional groups attached to an aromatic ring is 4. The molecule has 0 atom stereocenters. The number of benzene rings is 4. The first kappa shape index (κ1) is 30.2. The summed E-state index contributed by atoms with van der Waals surface area (Å²) in [6.07, 6.45) is 0. The first-order valence-electron chi connectivity index (χ1n) is 14.5. The average molecular weight is 567 g/mol. The van der Waals surface area contributed by atoms with E-state index in [0.717, 1.165) is 107 Å². The summed E-state index contributed by atoms with van der Waals surface area (Å²) < 4.78 is 0. The number of nitrogens with zero attached hydrogens (tertiary/aromatic N) is 2. The molecule has 0 spiro atoms. The minimum Gasteiger partial charge on any atom is -0.399 e. The third kappa shape index (κ3) is 7.94. The van der Waals surface area contributed by atoms with Gasteiger partial charge in [-0.2, -0.15) is 0 Å². The first-order chi connectivity index (χ1) is 20.1. The van der Waals surface area contributed by atoms with Crippen LogP contribution in [0.4, 0.5) is 45.5 Å². The van der Waals surface area contributed by atoms with Gasteiger partial charge in [-0.15, -0.1) is 0 Å². The quantitative estimate of drug-likeness (QED) is 0.112. The number of aryl methyl sites for hydroxylation is 4. The predicted octanol–water partition coefficient (Wildman–Crippen LogP) is 5.79.